The van der Waals surface area contributed by atoms with Gasteiger partial charge in [-0.3, -0.25) is 4.79 Å². The number of carbonyl (C=O) groups excluding carboxylic acids is 1. The van der Waals surface area contributed by atoms with Gasteiger partial charge in [-0.05, 0) is 24.6 Å². The van der Waals surface area contributed by atoms with Crippen LogP contribution >= 0.6 is 0 Å². The lowest BCUT2D eigenvalue weighted by atomic mass is 10.1. The molecule has 0 heterocycles. The fraction of sp³-hybridized carbons (Fsp3) is 0.188. The molecule has 0 aliphatic heterocycles. The minimum absolute atomic E-state index is 0.0265. The molecule has 2 aromatic rings. The van der Waals surface area contributed by atoms with Crippen LogP contribution in [-0.2, 0) is 16.7 Å². The minimum atomic E-state index is -3.69. The first-order chi connectivity index (χ1) is 10.3. The van der Waals surface area contributed by atoms with E-state index in [4.69, 9.17) is 4.18 Å². The molecule has 0 aromatic heterocycles. The van der Waals surface area contributed by atoms with E-state index in [9.17, 15) is 13.2 Å². The average Bonchev–Trinajstić information content (AvgIpc) is 2.46. The van der Waals surface area contributed by atoms with E-state index in [0.29, 0.717) is 6.54 Å². The Bertz CT molecular complexity index is 770. The molecule has 0 spiro atoms. The highest BCUT2D eigenvalue weighted by atomic mass is 32.2. The summed E-state index contributed by atoms with van der Waals surface area (Å²) in [7, 11) is -3.69. The van der Waals surface area contributed by atoms with E-state index >= 15 is 0 Å². The highest BCUT2D eigenvalue weighted by Crippen LogP contribution is 2.21. The normalized spacial score (nSPS) is 11.0. The molecule has 0 aliphatic rings. The maximum absolute atomic E-state index is 12.3. The summed E-state index contributed by atoms with van der Waals surface area (Å²) >= 11 is 0. The molecular weight excluding hydrogens is 302 g/mol. The zero-order valence-corrected chi connectivity index (χ0v) is 13.2. The summed E-state index contributed by atoms with van der Waals surface area (Å²) in [6.07, 6.45) is 0.943. The first-order valence-corrected chi connectivity index (χ1v) is 8.49. The largest absolute Gasteiger partial charge is 0.382 e. The Morgan fingerprint density at radius 3 is 2.45 bits per heavy atom. The summed E-state index contributed by atoms with van der Waals surface area (Å²) in [4.78, 5) is 12.3. The van der Waals surface area contributed by atoms with Gasteiger partial charge in [0, 0.05) is 6.54 Å². The fourth-order valence-electron chi connectivity index (χ4n) is 1.93. The van der Waals surface area contributed by atoms with Gasteiger partial charge in [0.05, 0.1) is 11.8 Å². The van der Waals surface area contributed by atoms with Gasteiger partial charge < -0.3 is 9.50 Å². The summed E-state index contributed by atoms with van der Waals surface area (Å²) in [6.45, 7) is 2.17. The van der Waals surface area contributed by atoms with Gasteiger partial charge in [0.1, 0.15) is 0 Å². The number of benzene rings is 2. The van der Waals surface area contributed by atoms with Crippen molar-refractivity contribution in [3.05, 3.63) is 65.2 Å². The van der Waals surface area contributed by atoms with Gasteiger partial charge in [0.25, 0.3) is 5.91 Å². The van der Waals surface area contributed by atoms with E-state index in [1.165, 1.54) is 6.07 Å². The third-order valence-corrected chi connectivity index (χ3v) is 3.40. The number of nitrogens with one attached hydrogen (secondary N) is 1. The molecule has 6 heteroatoms. The first-order valence-electron chi connectivity index (χ1n) is 6.67. The molecule has 22 heavy (non-hydrogen) atoms. The predicted octanol–water partition coefficient (Wildman–Crippen LogP) is 2.26. The van der Waals surface area contributed by atoms with Crippen molar-refractivity contribution < 1.29 is 17.4 Å². The summed E-state index contributed by atoms with van der Waals surface area (Å²) in [6, 6.07) is 14.2. The Balaban J connectivity index is 2.19. The van der Waals surface area contributed by atoms with E-state index in [-0.39, 0.29) is 17.2 Å². The van der Waals surface area contributed by atoms with Crippen LogP contribution in [0.3, 0.4) is 0 Å². The molecule has 0 aliphatic carbocycles. The Morgan fingerprint density at radius 2 is 1.82 bits per heavy atom. The maximum atomic E-state index is 12.3. The van der Waals surface area contributed by atoms with Crippen LogP contribution in [0.4, 0.5) is 0 Å². The van der Waals surface area contributed by atoms with Crippen LogP contribution in [0, 0.1) is 6.92 Å². The lowest BCUT2D eigenvalue weighted by Crippen LogP contribution is -2.24. The highest BCUT2D eigenvalue weighted by molar-refractivity contribution is 7.86. The number of rotatable bonds is 5. The van der Waals surface area contributed by atoms with Crippen LogP contribution < -0.4 is 9.50 Å². The third kappa shape index (κ3) is 4.60. The van der Waals surface area contributed by atoms with Gasteiger partial charge in [-0.1, -0.05) is 42.0 Å². The van der Waals surface area contributed by atoms with E-state index < -0.39 is 10.1 Å². The number of carbonyl (C=O) groups is 1. The third-order valence-electron chi connectivity index (χ3n) is 2.92. The second kappa shape index (κ2) is 6.62. The minimum Gasteiger partial charge on any atom is -0.382 e. The van der Waals surface area contributed by atoms with Crippen molar-refractivity contribution in [1.82, 2.24) is 5.32 Å². The summed E-state index contributed by atoms with van der Waals surface area (Å²) < 4.78 is 27.4. The molecule has 116 valence electrons. The second-order valence-electron chi connectivity index (χ2n) is 4.96. The zero-order valence-electron chi connectivity index (χ0n) is 12.4. The van der Waals surface area contributed by atoms with E-state index in [2.05, 4.69) is 5.32 Å². The van der Waals surface area contributed by atoms with Gasteiger partial charge >= 0.3 is 10.1 Å². The molecular formula is C16H17NO4S. The topological polar surface area (TPSA) is 72.5 Å². The molecule has 0 saturated heterocycles. The van der Waals surface area contributed by atoms with Crippen molar-refractivity contribution in [2.45, 2.75) is 13.5 Å². The standard InChI is InChI=1S/C16H17NO4S/c1-12-8-9-15(21-22(2,19)20)14(10-12)16(18)17-11-13-6-4-3-5-7-13/h3-10H,11H2,1-2H3,(H,17,18). The zero-order chi connectivity index (χ0) is 16.2. The molecule has 5 nitrogen and oxygen atoms in total. The van der Waals surface area contributed by atoms with Crippen molar-refractivity contribution >= 4 is 16.0 Å². The fourth-order valence-corrected chi connectivity index (χ4v) is 2.40. The Hall–Kier alpha value is -2.34. The Labute approximate surface area is 130 Å². The van der Waals surface area contributed by atoms with Crippen LogP contribution in [-0.4, -0.2) is 20.6 Å². The van der Waals surface area contributed by atoms with Gasteiger partial charge in [-0.15, -0.1) is 0 Å². The number of hydrogen-bond acceptors (Lipinski definition) is 4. The van der Waals surface area contributed by atoms with Crippen molar-refractivity contribution in [2.24, 2.45) is 0 Å². The molecule has 0 atom stereocenters. The van der Waals surface area contributed by atoms with Gasteiger partial charge in [0.2, 0.25) is 0 Å². The monoisotopic (exact) mass is 319 g/mol. The molecule has 1 amide bonds. The molecule has 2 aromatic carbocycles. The van der Waals surface area contributed by atoms with Crippen molar-refractivity contribution in [3.8, 4) is 5.75 Å². The van der Waals surface area contributed by atoms with Crippen molar-refractivity contribution in [1.29, 1.82) is 0 Å². The van der Waals surface area contributed by atoms with Crippen molar-refractivity contribution in [2.75, 3.05) is 6.26 Å². The van der Waals surface area contributed by atoms with Crippen LogP contribution in [0.15, 0.2) is 48.5 Å². The number of hydrogen-bond donors (Lipinski definition) is 1. The molecule has 1 N–H and O–H groups in total. The van der Waals surface area contributed by atoms with E-state index in [1.807, 2.05) is 37.3 Å². The SMILES string of the molecule is Cc1ccc(OS(C)(=O)=O)c(C(=O)NCc2ccccc2)c1. The van der Waals surface area contributed by atoms with Gasteiger partial charge in [-0.2, -0.15) is 8.42 Å². The van der Waals surface area contributed by atoms with Crippen LogP contribution in [0.25, 0.3) is 0 Å². The lowest BCUT2D eigenvalue weighted by Gasteiger charge is -2.11. The highest BCUT2D eigenvalue weighted by Gasteiger charge is 2.16. The predicted molar refractivity (Wildman–Crippen MR) is 84.3 cm³/mol. The molecule has 0 bridgehead atoms. The molecule has 0 fully saturated rings. The molecule has 2 rings (SSSR count). The molecule has 0 unspecified atom stereocenters. The second-order valence-corrected chi connectivity index (χ2v) is 6.53. The number of aryl methyl sites for hydroxylation is 1. The Morgan fingerprint density at radius 1 is 1.14 bits per heavy atom. The summed E-state index contributed by atoms with van der Waals surface area (Å²) in [5, 5.41) is 2.75. The van der Waals surface area contributed by atoms with Crippen molar-refractivity contribution in [3.63, 3.8) is 0 Å². The van der Waals surface area contributed by atoms with E-state index in [0.717, 1.165) is 17.4 Å². The smallest absolute Gasteiger partial charge is 0.306 e. The number of amides is 1. The average molecular weight is 319 g/mol. The molecule has 0 saturated carbocycles. The van der Waals surface area contributed by atoms with Crippen LogP contribution in [0.1, 0.15) is 21.5 Å². The van der Waals surface area contributed by atoms with E-state index in [1.54, 1.807) is 12.1 Å². The maximum Gasteiger partial charge on any atom is 0.306 e. The van der Waals surface area contributed by atoms with Gasteiger partial charge in [-0.25, -0.2) is 0 Å². The first kappa shape index (κ1) is 16.0. The summed E-state index contributed by atoms with van der Waals surface area (Å²) in [5.41, 5.74) is 1.99. The quantitative estimate of drug-likeness (QED) is 0.858. The van der Waals surface area contributed by atoms with Gasteiger partial charge in [0.15, 0.2) is 5.75 Å². The summed E-state index contributed by atoms with van der Waals surface area (Å²) in [5.74, 6) is -0.357. The Kier molecular flexibility index (Phi) is 4.82. The van der Waals surface area contributed by atoms with Crippen LogP contribution in [0.5, 0.6) is 5.75 Å². The lowest BCUT2D eigenvalue weighted by molar-refractivity contribution is 0.0949. The van der Waals surface area contributed by atoms with Crippen LogP contribution in [0.2, 0.25) is 0 Å². The molecule has 0 radical (unpaired) electrons.